The predicted octanol–water partition coefficient (Wildman–Crippen LogP) is 1.81. The first-order valence-corrected chi connectivity index (χ1v) is 6.70. The zero-order valence-corrected chi connectivity index (χ0v) is 12.0. The van der Waals surface area contributed by atoms with Gasteiger partial charge >= 0.3 is 0 Å². The molecule has 3 aromatic rings. The van der Waals surface area contributed by atoms with Gasteiger partial charge in [-0.05, 0) is 22.9 Å². The lowest BCUT2D eigenvalue weighted by Gasteiger charge is -2.04. The van der Waals surface area contributed by atoms with Gasteiger partial charge < -0.3 is 5.32 Å². The van der Waals surface area contributed by atoms with Gasteiger partial charge in [-0.1, -0.05) is 0 Å². The second kappa shape index (κ2) is 5.10. The van der Waals surface area contributed by atoms with Crippen LogP contribution in [-0.4, -0.2) is 24.6 Å². The Hall–Kier alpha value is -1.73. The normalized spacial score (nSPS) is 11.3. The molecule has 0 aliphatic carbocycles. The molecular weight excluding hydrogens is 308 g/mol. The number of hydrogen-bond acceptors (Lipinski definition) is 4. The van der Waals surface area contributed by atoms with Crippen molar-refractivity contribution in [2.24, 2.45) is 0 Å². The zero-order chi connectivity index (χ0) is 13.2. The Labute approximate surface area is 118 Å². The number of aromatic nitrogens is 5. The molecule has 3 aromatic heterocycles. The van der Waals surface area contributed by atoms with E-state index in [1.165, 1.54) is 5.56 Å². The molecule has 0 aliphatic heterocycles. The monoisotopic (exact) mass is 320 g/mol. The van der Waals surface area contributed by atoms with E-state index in [-0.39, 0.29) is 0 Å². The number of hydrogen-bond donors (Lipinski definition) is 2. The maximum Gasteiger partial charge on any atom is 0.155 e. The summed E-state index contributed by atoms with van der Waals surface area (Å²) >= 11 is 3.37. The Bertz CT molecular complexity index is 701. The van der Waals surface area contributed by atoms with E-state index in [0.29, 0.717) is 0 Å². The highest BCUT2D eigenvalue weighted by atomic mass is 79.9. The van der Waals surface area contributed by atoms with E-state index in [4.69, 9.17) is 0 Å². The van der Waals surface area contributed by atoms with E-state index in [1.807, 2.05) is 29.9 Å². The molecule has 0 radical (unpaired) electrons. The molecule has 0 atom stereocenters. The Morgan fingerprint density at radius 3 is 2.95 bits per heavy atom. The third-order valence-corrected chi connectivity index (χ3v) is 3.41. The SMILES string of the molecule is Cc1[nH]ncc1CNCc1cnc2cnc(Br)cn12. The van der Waals surface area contributed by atoms with E-state index in [2.05, 4.69) is 41.4 Å². The molecule has 0 spiro atoms. The van der Waals surface area contributed by atoms with Crippen molar-refractivity contribution < 1.29 is 0 Å². The van der Waals surface area contributed by atoms with Gasteiger partial charge in [0, 0.05) is 30.5 Å². The highest BCUT2D eigenvalue weighted by molar-refractivity contribution is 9.10. The highest BCUT2D eigenvalue weighted by Gasteiger charge is 2.05. The van der Waals surface area contributed by atoms with E-state index >= 15 is 0 Å². The molecule has 3 rings (SSSR count). The Balaban J connectivity index is 1.72. The van der Waals surface area contributed by atoms with Crippen LogP contribution >= 0.6 is 15.9 Å². The number of H-pyrrole nitrogens is 1. The number of nitrogens with zero attached hydrogens (tertiary/aromatic N) is 4. The number of nitrogens with one attached hydrogen (secondary N) is 2. The number of aryl methyl sites for hydroxylation is 1. The number of imidazole rings is 1. The third kappa shape index (κ3) is 2.52. The molecule has 0 fully saturated rings. The standard InChI is InChI=1S/C12H13BrN6/c1-8-9(3-17-18-8)2-14-4-10-5-16-12-6-15-11(13)7-19(10)12/h3,5-7,14H,2,4H2,1H3,(H,17,18). The van der Waals surface area contributed by atoms with Gasteiger partial charge in [0.25, 0.3) is 0 Å². The molecule has 0 amide bonds. The number of aromatic amines is 1. The summed E-state index contributed by atoms with van der Waals surface area (Å²) in [5.41, 5.74) is 4.22. The Morgan fingerprint density at radius 1 is 1.26 bits per heavy atom. The van der Waals surface area contributed by atoms with Crippen molar-refractivity contribution in [2.75, 3.05) is 0 Å². The van der Waals surface area contributed by atoms with E-state index in [9.17, 15) is 0 Å². The van der Waals surface area contributed by atoms with Crippen molar-refractivity contribution in [1.82, 2.24) is 29.9 Å². The minimum Gasteiger partial charge on any atom is -0.307 e. The van der Waals surface area contributed by atoms with Gasteiger partial charge in [-0.2, -0.15) is 5.10 Å². The zero-order valence-electron chi connectivity index (χ0n) is 10.4. The molecule has 19 heavy (non-hydrogen) atoms. The first-order valence-electron chi connectivity index (χ1n) is 5.91. The van der Waals surface area contributed by atoms with Crippen LogP contribution in [0.2, 0.25) is 0 Å². The topological polar surface area (TPSA) is 70.9 Å². The Morgan fingerprint density at radius 2 is 2.16 bits per heavy atom. The van der Waals surface area contributed by atoms with Crippen molar-refractivity contribution in [3.05, 3.63) is 46.3 Å². The van der Waals surface area contributed by atoms with Crippen LogP contribution in [0.25, 0.3) is 5.65 Å². The molecule has 0 aromatic carbocycles. The van der Waals surface area contributed by atoms with Crippen LogP contribution in [0.4, 0.5) is 0 Å². The molecule has 0 unspecified atom stereocenters. The van der Waals surface area contributed by atoms with Gasteiger partial charge in [-0.15, -0.1) is 0 Å². The fourth-order valence-corrected chi connectivity index (χ4v) is 2.23. The highest BCUT2D eigenvalue weighted by Crippen LogP contribution is 2.11. The number of halogens is 1. The van der Waals surface area contributed by atoms with E-state index < -0.39 is 0 Å². The number of fused-ring (bicyclic) bond motifs is 1. The molecule has 0 saturated carbocycles. The smallest absolute Gasteiger partial charge is 0.155 e. The van der Waals surface area contributed by atoms with Crippen LogP contribution in [0.15, 0.2) is 29.4 Å². The summed E-state index contributed by atoms with van der Waals surface area (Å²) in [6.45, 7) is 3.53. The molecule has 0 aliphatic rings. The summed E-state index contributed by atoms with van der Waals surface area (Å²) < 4.78 is 2.82. The van der Waals surface area contributed by atoms with Crippen molar-refractivity contribution in [3.8, 4) is 0 Å². The van der Waals surface area contributed by atoms with Gasteiger partial charge in [0.15, 0.2) is 5.65 Å². The van der Waals surface area contributed by atoms with Crippen molar-refractivity contribution >= 4 is 21.6 Å². The van der Waals surface area contributed by atoms with Gasteiger partial charge in [-0.25, -0.2) is 9.97 Å². The summed E-state index contributed by atoms with van der Waals surface area (Å²) in [7, 11) is 0. The lowest BCUT2D eigenvalue weighted by molar-refractivity contribution is 0.673. The molecule has 2 N–H and O–H groups in total. The van der Waals surface area contributed by atoms with Gasteiger partial charge in [0.1, 0.15) is 4.60 Å². The summed E-state index contributed by atoms with van der Waals surface area (Å²) in [6.07, 6.45) is 7.37. The third-order valence-electron chi connectivity index (χ3n) is 3.00. The Kier molecular flexibility index (Phi) is 3.31. The van der Waals surface area contributed by atoms with Crippen molar-refractivity contribution in [1.29, 1.82) is 0 Å². The van der Waals surface area contributed by atoms with Crippen molar-refractivity contribution in [2.45, 2.75) is 20.0 Å². The summed E-state index contributed by atoms with van der Waals surface area (Å²) in [4.78, 5) is 8.47. The van der Waals surface area contributed by atoms with Crippen LogP contribution in [0.1, 0.15) is 17.0 Å². The second-order valence-electron chi connectivity index (χ2n) is 4.31. The first kappa shape index (κ1) is 12.3. The van der Waals surface area contributed by atoms with E-state index in [0.717, 1.165) is 34.7 Å². The first-order chi connectivity index (χ1) is 9.24. The summed E-state index contributed by atoms with van der Waals surface area (Å²) in [6, 6.07) is 0. The number of rotatable bonds is 4. The van der Waals surface area contributed by atoms with Crippen LogP contribution in [0, 0.1) is 6.92 Å². The molecule has 6 nitrogen and oxygen atoms in total. The lowest BCUT2D eigenvalue weighted by Crippen LogP contribution is -2.14. The van der Waals surface area contributed by atoms with Gasteiger partial charge in [-0.3, -0.25) is 9.50 Å². The average molecular weight is 321 g/mol. The molecule has 0 bridgehead atoms. The predicted molar refractivity (Wildman–Crippen MR) is 74.6 cm³/mol. The molecule has 0 saturated heterocycles. The molecule has 98 valence electrons. The summed E-state index contributed by atoms with van der Waals surface area (Å²) in [5.74, 6) is 0. The van der Waals surface area contributed by atoms with Crippen LogP contribution in [0.3, 0.4) is 0 Å². The van der Waals surface area contributed by atoms with Crippen LogP contribution in [-0.2, 0) is 13.1 Å². The quantitative estimate of drug-likeness (QED) is 0.769. The molecular formula is C12H13BrN6. The van der Waals surface area contributed by atoms with Gasteiger partial charge in [0.2, 0.25) is 0 Å². The summed E-state index contributed by atoms with van der Waals surface area (Å²) in [5, 5.41) is 10.3. The fraction of sp³-hybridized carbons (Fsp3) is 0.250. The van der Waals surface area contributed by atoms with Gasteiger partial charge in [0.05, 0.1) is 24.3 Å². The largest absolute Gasteiger partial charge is 0.307 e. The second-order valence-corrected chi connectivity index (χ2v) is 5.12. The minimum absolute atomic E-state index is 0.738. The van der Waals surface area contributed by atoms with Crippen LogP contribution in [0.5, 0.6) is 0 Å². The maximum absolute atomic E-state index is 4.31. The lowest BCUT2D eigenvalue weighted by atomic mass is 10.2. The fourth-order valence-electron chi connectivity index (χ4n) is 1.93. The van der Waals surface area contributed by atoms with Crippen molar-refractivity contribution in [3.63, 3.8) is 0 Å². The minimum atomic E-state index is 0.738. The average Bonchev–Trinajstić information content (AvgIpc) is 2.97. The van der Waals surface area contributed by atoms with Crippen LogP contribution < -0.4 is 5.32 Å². The van der Waals surface area contributed by atoms with E-state index in [1.54, 1.807) is 6.20 Å². The molecule has 7 heteroatoms. The maximum atomic E-state index is 4.31. The molecule has 3 heterocycles.